The van der Waals surface area contributed by atoms with Gasteiger partial charge in [0.2, 0.25) is 0 Å². The van der Waals surface area contributed by atoms with Gasteiger partial charge >= 0.3 is 0 Å². The number of halogens is 1. The largest absolute Gasteiger partial charge is 0.497 e. The first kappa shape index (κ1) is 32.1. The van der Waals surface area contributed by atoms with Crippen LogP contribution in [0.15, 0.2) is 84.9 Å². The lowest BCUT2D eigenvalue weighted by molar-refractivity contribution is 0.237. The molecule has 6 nitrogen and oxygen atoms in total. The summed E-state index contributed by atoms with van der Waals surface area (Å²) in [6.45, 7) is 9.98. The van der Waals surface area contributed by atoms with Crippen molar-refractivity contribution < 1.29 is 4.74 Å². The number of unbranched alkanes of at least 4 members (excludes halogenated alkanes) is 1. The second-order valence-electron chi connectivity index (χ2n) is 12.2. The van der Waals surface area contributed by atoms with E-state index in [0.717, 1.165) is 91.8 Å². The van der Waals surface area contributed by atoms with Crippen molar-refractivity contribution in [3.8, 4) is 5.75 Å². The molecule has 1 aromatic heterocycles. The maximum Gasteiger partial charge on any atom is 0.119 e. The van der Waals surface area contributed by atoms with E-state index in [2.05, 4.69) is 82.0 Å². The Balaban J connectivity index is 0.000000178. The van der Waals surface area contributed by atoms with Crippen molar-refractivity contribution in [3.05, 3.63) is 101 Å². The molecule has 46 heavy (non-hydrogen) atoms. The summed E-state index contributed by atoms with van der Waals surface area (Å²) < 4.78 is 5.43. The number of benzene rings is 4. The number of hydrogen-bond acceptors (Lipinski definition) is 6. The van der Waals surface area contributed by atoms with Crippen LogP contribution >= 0.6 is 11.6 Å². The molecule has 2 N–H and O–H groups in total. The number of piperazine rings is 1. The zero-order chi connectivity index (χ0) is 31.7. The summed E-state index contributed by atoms with van der Waals surface area (Å²) >= 11 is 6.20. The van der Waals surface area contributed by atoms with E-state index in [9.17, 15) is 0 Å². The molecule has 0 radical (unpaired) electrons. The normalized spacial score (nSPS) is 14.6. The van der Waals surface area contributed by atoms with Crippen LogP contribution in [0.3, 0.4) is 0 Å². The number of anilines is 3. The highest BCUT2D eigenvalue weighted by atomic mass is 35.5. The van der Waals surface area contributed by atoms with Gasteiger partial charge in [0.1, 0.15) is 5.75 Å². The van der Waals surface area contributed by atoms with Gasteiger partial charge in [0.25, 0.3) is 0 Å². The van der Waals surface area contributed by atoms with Crippen LogP contribution in [0.5, 0.6) is 5.75 Å². The van der Waals surface area contributed by atoms with Crippen molar-refractivity contribution >= 4 is 50.5 Å². The molecule has 0 amide bonds. The van der Waals surface area contributed by atoms with Crippen LogP contribution < -0.4 is 20.3 Å². The SMILES string of the molecule is CCCN1c2ccccc2CCc2ccccc21.COc1ccc2nc3cc(Cl)ccc3c(NCCCCN3CCNCC3)c2c1. The van der Waals surface area contributed by atoms with Gasteiger partial charge in [0.15, 0.2) is 0 Å². The molecular weight excluding hydrogens is 590 g/mol. The van der Waals surface area contributed by atoms with Crippen LogP contribution in [0.1, 0.15) is 37.3 Å². The fraction of sp³-hybridized carbons (Fsp3) is 0.359. The second-order valence-corrected chi connectivity index (χ2v) is 12.6. The Kier molecular flexibility index (Phi) is 10.9. The van der Waals surface area contributed by atoms with Gasteiger partial charge in [-0.2, -0.15) is 0 Å². The highest BCUT2D eigenvalue weighted by molar-refractivity contribution is 6.31. The second kappa shape index (κ2) is 15.6. The van der Waals surface area contributed by atoms with Crippen LogP contribution in [-0.2, 0) is 12.8 Å². The molecule has 5 aromatic rings. The molecule has 0 atom stereocenters. The number of nitrogens with zero attached hydrogens (tertiary/aromatic N) is 3. The number of rotatable bonds is 9. The molecule has 3 heterocycles. The predicted molar refractivity (Wildman–Crippen MR) is 195 cm³/mol. The number of para-hydroxylation sites is 2. The van der Waals surface area contributed by atoms with Gasteiger partial charge in [-0.25, -0.2) is 4.98 Å². The Morgan fingerprint density at radius 2 is 1.52 bits per heavy atom. The third-order valence-corrected chi connectivity index (χ3v) is 9.27. The van der Waals surface area contributed by atoms with E-state index in [0.29, 0.717) is 5.02 Å². The Morgan fingerprint density at radius 1 is 0.804 bits per heavy atom. The number of aryl methyl sites for hydroxylation is 2. The number of methoxy groups -OCH3 is 1. The van der Waals surface area contributed by atoms with Crippen molar-refractivity contribution in [2.75, 3.05) is 63.1 Å². The Morgan fingerprint density at radius 3 is 2.22 bits per heavy atom. The first-order valence-electron chi connectivity index (χ1n) is 16.8. The summed E-state index contributed by atoms with van der Waals surface area (Å²) in [5.41, 5.74) is 8.70. The molecule has 2 aliphatic rings. The van der Waals surface area contributed by atoms with Crippen molar-refractivity contribution in [1.82, 2.24) is 15.2 Å². The zero-order valence-corrected chi connectivity index (χ0v) is 28.0. The molecule has 0 saturated carbocycles. The summed E-state index contributed by atoms with van der Waals surface area (Å²) in [4.78, 5) is 9.81. The summed E-state index contributed by atoms with van der Waals surface area (Å²) in [6.07, 6.45) is 5.79. The summed E-state index contributed by atoms with van der Waals surface area (Å²) in [6, 6.07) is 29.6. The minimum absolute atomic E-state index is 0.704. The van der Waals surface area contributed by atoms with Crippen molar-refractivity contribution in [2.45, 2.75) is 39.0 Å². The monoisotopic (exact) mass is 635 g/mol. The molecule has 4 aromatic carbocycles. The van der Waals surface area contributed by atoms with Gasteiger partial charge in [-0.15, -0.1) is 0 Å². The molecule has 7 heteroatoms. The lowest BCUT2D eigenvalue weighted by atomic mass is 10.0. The van der Waals surface area contributed by atoms with Gasteiger partial charge in [-0.05, 0) is 98.3 Å². The van der Waals surface area contributed by atoms with Crippen LogP contribution in [0.2, 0.25) is 5.02 Å². The van der Waals surface area contributed by atoms with E-state index in [1.54, 1.807) is 7.11 Å². The van der Waals surface area contributed by atoms with E-state index < -0.39 is 0 Å². The zero-order valence-electron chi connectivity index (χ0n) is 27.2. The highest BCUT2D eigenvalue weighted by Gasteiger charge is 2.19. The number of fused-ring (bicyclic) bond motifs is 4. The maximum absolute atomic E-state index is 6.20. The third-order valence-electron chi connectivity index (χ3n) is 9.03. The minimum atomic E-state index is 0.704. The Labute approximate surface area is 278 Å². The summed E-state index contributed by atoms with van der Waals surface area (Å²) in [5, 5.41) is 9.95. The number of aromatic nitrogens is 1. The van der Waals surface area contributed by atoms with Crippen LogP contribution in [0.25, 0.3) is 21.8 Å². The number of nitrogens with one attached hydrogen (secondary N) is 2. The molecule has 240 valence electrons. The smallest absolute Gasteiger partial charge is 0.119 e. The standard InChI is InChI=1S/C22H27ClN4O.C17H19N/c1-28-17-5-7-20-19(15-17)22(18-6-4-16(23)14-21(18)26-20)25-8-2-3-11-27-12-9-24-10-13-27;1-2-13-18-16-9-5-3-7-14(16)11-12-15-8-4-6-10-17(15)18/h4-7,14-15,24H,2-3,8-13H2,1H3,(H,25,26);3-10H,2,11-13H2,1H3. The average molecular weight is 636 g/mol. The Hall–Kier alpha value is -3.84. The lowest BCUT2D eigenvalue weighted by Crippen LogP contribution is -2.43. The van der Waals surface area contributed by atoms with E-state index in [1.807, 2.05) is 30.3 Å². The molecule has 0 bridgehead atoms. The van der Waals surface area contributed by atoms with Crippen LogP contribution in [-0.4, -0.2) is 62.8 Å². The van der Waals surface area contributed by atoms with E-state index in [1.165, 1.54) is 41.9 Å². The first-order chi connectivity index (χ1) is 22.6. The molecule has 0 unspecified atom stereocenters. The fourth-order valence-electron chi connectivity index (χ4n) is 6.66. The Bertz CT molecular complexity index is 1700. The van der Waals surface area contributed by atoms with Gasteiger partial charge in [-0.1, -0.05) is 54.9 Å². The third kappa shape index (κ3) is 7.58. The van der Waals surface area contributed by atoms with E-state index in [-0.39, 0.29) is 0 Å². The predicted octanol–water partition coefficient (Wildman–Crippen LogP) is 8.48. The van der Waals surface area contributed by atoms with E-state index >= 15 is 0 Å². The molecule has 7 rings (SSSR count). The van der Waals surface area contributed by atoms with Crippen LogP contribution in [0.4, 0.5) is 17.1 Å². The quantitative estimate of drug-likeness (QED) is 0.125. The fourth-order valence-corrected chi connectivity index (χ4v) is 6.82. The lowest BCUT2D eigenvalue weighted by Gasteiger charge is -2.27. The topological polar surface area (TPSA) is 52.7 Å². The molecule has 1 saturated heterocycles. The number of pyridine rings is 1. The van der Waals surface area contributed by atoms with Crippen molar-refractivity contribution in [2.24, 2.45) is 0 Å². The number of hydrogen-bond donors (Lipinski definition) is 2. The minimum Gasteiger partial charge on any atom is -0.497 e. The van der Waals surface area contributed by atoms with E-state index in [4.69, 9.17) is 21.3 Å². The molecule has 0 aliphatic carbocycles. The van der Waals surface area contributed by atoms with Gasteiger partial charge in [0, 0.05) is 66.4 Å². The van der Waals surface area contributed by atoms with Gasteiger partial charge in [-0.3, -0.25) is 0 Å². The van der Waals surface area contributed by atoms with Gasteiger partial charge < -0.3 is 25.2 Å². The van der Waals surface area contributed by atoms with Crippen molar-refractivity contribution in [1.29, 1.82) is 0 Å². The van der Waals surface area contributed by atoms with Crippen LogP contribution in [0, 0.1) is 0 Å². The first-order valence-corrected chi connectivity index (χ1v) is 17.2. The van der Waals surface area contributed by atoms with Crippen molar-refractivity contribution in [3.63, 3.8) is 0 Å². The highest BCUT2D eigenvalue weighted by Crippen LogP contribution is 2.36. The summed E-state index contributed by atoms with van der Waals surface area (Å²) in [7, 11) is 1.69. The molecule has 2 aliphatic heterocycles. The van der Waals surface area contributed by atoms with Gasteiger partial charge in [0.05, 0.1) is 23.8 Å². The molecule has 1 fully saturated rings. The molecule has 0 spiro atoms. The maximum atomic E-state index is 6.20. The number of ether oxygens (including phenoxy) is 1. The summed E-state index contributed by atoms with van der Waals surface area (Å²) in [5.74, 6) is 0.837. The average Bonchev–Trinajstić information content (AvgIpc) is 3.25. The molecular formula is C39H46ClN5O.